The number of nitrogens with two attached hydrogens (primary N) is 1. The van der Waals surface area contributed by atoms with E-state index < -0.39 is 5.69 Å². The van der Waals surface area contributed by atoms with Crippen LogP contribution in [-0.2, 0) is 6.54 Å². The van der Waals surface area contributed by atoms with Gasteiger partial charge in [-0.25, -0.2) is 14.8 Å². The van der Waals surface area contributed by atoms with E-state index in [0.29, 0.717) is 6.54 Å². The maximum Gasteiger partial charge on any atom is 0.352 e. The Hall–Kier alpha value is -1.76. The fourth-order valence-electron chi connectivity index (χ4n) is 0.968. The zero-order valence-corrected chi connectivity index (χ0v) is 7.94. The summed E-state index contributed by atoms with van der Waals surface area (Å²) in [5.74, 6) is -0.00970. The lowest BCUT2D eigenvalue weighted by Crippen LogP contribution is -2.25. The molecule has 72 valence electrons. The summed E-state index contributed by atoms with van der Waals surface area (Å²) in [5.41, 5.74) is 7.36. The van der Waals surface area contributed by atoms with Crippen molar-refractivity contribution in [3.8, 4) is 0 Å². The summed E-state index contributed by atoms with van der Waals surface area (Å²) >= 11 is 1.48. The monoisotopic (exact) mass is 209 g/mol. The molecule has 0 fully saturated rings. The third-order valence-electron chi connectivity index (χ3n) is 1.60. The standard InChI is InChI=1S/C7H7N5OS/c8-6-9-3-12(7(13)11-6)1-5-2-14-4-10-5/h2-4H,1H2,(H2,8,11,13). The van der Waals surface area contributed by atoms with Gasteiger partial charge in [0, 0.05) is 5.38 Å². The lowest BCUT2D eigenvalue weighted by molar-refractivity contribution is 0.693. The van der Waals surface area contributed by atoms with Crippen LogP contribution in [0, 0.1) is 0 Å². The predicted molar refractivity (Wildman–Crippen MR) is 51.9 cm³/mol. The van der Waals surface area contributed by atoms with Crippen molar-refractivity contribution >= 4 is 17.3 Å². The third kappa shape index (κ3) is 1.77. The van der Waals surface area contributed by atoms with Crippen LogP contribution in [-0.4, -0.2) is 19.5 Å². The van der Waals surface area contributed by atoms with Crippen LogP contribution in [0.3, 0.4) is 0 Å². The van der Waals surface area contributed by atoms with Gasteiger partial charge in [0.15, 0.2) is 0 Å². The summed E-state index contributed by atoms with van der Waals surface area (Å²) in [7, 11) is 0. The Morgan fingerprint density at radius 2 is 2.36 bits per heavy atom. The van der Waals surface area contributed by atoms with Gasteiger partial charge < -0.3 is 5.73 Å². The van der Waals surface area contributed by atoms with E-state index in [-0.39, 0.29) is 5.95 Å². The molecule has 0 saturated carbocycles. The van der Waals surface area contributed by atoms with Crippen LogP contribution in [0.2, 0.25) is 0 Å². The average molecular weight is 209 g/mol. The van der Waals surface area contributed by atoms with Gasteiger partial charge in [-0.3, -0.25) is 4.57 Å². The number of rotatable bonds is 2. The first-order valence-corrected chi connectivity index (χ1v) is 4.76. The molecule has 0 aliphatic heterocycles. The summed E-state index contributed by atoms with van der Waals surface area (Å²) in [6.07, 6.45) is 1.37. The minimum absolute atomic E-state index is 0.00970. The summed E-state index contributed by atoms with van der Waals surface area (Å²) in [4.78, 5) is 22.6. The van der Waals surface area contributed by atoms with Crippen molar-refractivity contribution in [2.75, 3.05) is 5.73 Å². The quantitative estimate of drug-likeness (QED) is 0.735. The maximum absolute atomic E-state index is 11.3. The second kappa shape index (κ2) is 3.54. The van der Waals surface area contributed by atoms with Crippen molar-refractivity contribution in [1.82, 2.24) is 19.5 Å². The Bertz CT molecular complexity index is 477. The molecule has 0 aromatic carbocycles. The Morgan fingerprint density at radius 3 is 3.00 bits per heavy atom. The second-order valence-corrected chi connectivity index (χ2v) is 3.32. The molecule has 0 atom stereocenters. The Labute approximate surface area is 83.1 Å². The largest absolute Gasteiger partial charge is 0.368 e. The number of nitrogens with zero attached hydrogens (tertiary/aromatic N) is 4. The fraction of sp³-hybridized carbons (Fsp3) is 0.143. The highest BCUT2D eigenvalue weighted by molar-refractivity contribution is 7.07. The third-order valence-corrected chi connectivity index (χ3v) is 2.24. The van der Waals surface area contributed by atoms with Crippen molar-refractivity contribution in [2.24, 2.45) is 0 Å². The number of anilines is 1. The summed E-state index contributed by atoms with van der Waals surface area (Å²) in [6.45, 7) is 0.378. The smallest absolute Gasteiger partial charge is 0.352 e. The fourth-order valence-corrected chi connectivity index (χ4v) is 1.52. The normalized spacial score (nSPS) is 10.3. The molecule has 0 radical (unpaired) electrons. The van der Waals surface area contributed by atoms with E-state index in [1.165, 1.54) is 22.2 Å². The van der Waals surface area contributed by atoms with Gasteiger partial charge in [-0.2, -0.15) is 4.98 Å². The van der Waals surface area contributed by atoms with Gasteiger partial charge in [-0.15, -0.1) is 11.3 Å². The maximum atomic E-state index is 11.3. The zero-order chi connectivity index (χ0) is 9.97. The Kier molecular flexibility index (Phi) is 2.23. The minimum atomic E-state index is -0.412. The molecular weight excluding hydrogens is 202 g/mol. The first kappa shape index (κ1) is 8.82. The van der Waals surface area contributed by atoms with Crippen molar-refractivity contribution in [3.05, 3.63) is 33.4 Å². The van der Waals surface area contributed by atoms with E-state index >= 15 is 0 Å². The Morgan fingerprint density at radius 1 is 1.50 bits per heavy atom. The zero-order valence-electron chi connectivity index (χ0n) is 7.12. The van der Waals surface area contributed by atoms with Gasteiger partial charge in [-0.1, -0.05) is 0 Å². The molecule has 14 heavy (non-hydrogen) atoms. The molecule has 6 nitrogen and oxygen atoms in total. The molecule has 0 saturated heterocycles. The number of aromatic nitrogens is 4. The highest BCUT2D eigenvalue weighted by Gasteiger charge is 2.01. The molecule has 0 bridgehead atoms. The van der Waals surface area contributed by atoms with Crippen LogP contribution in [0.15, 0.2) is 22.0 Å². The molecule has 0 spiro atoms. The number of hydrogen-bond donors (Lipinski definition) is 1. The van der Waals surface area contributed by atoms with Crippen LogP contribution in [0.5, 0.6) is 0 Å². The van der Waals surface area contributed by atoms with E-state index in [9.17, 15) is 4.79 Å². The highest BCUT2D eigenvalue weighted by Crippen LogP contribution is 2.01. The van der Waals surface area contributed by atoms with Gasteiger partial charge in [0.25, 0.3) is 0 Å². The number of hydrogen-bond acceptors (Lipinski definition) is 6. The molecule has 0 aliphatic carbocycles. The molecule has 0 aliphatic rings. The SMILES string of the molecule is Nc1ncn(Cc2cscn2)c(=O)n1. The molecular formula is C7H7N5OS. The number of nitrogen functional groups attached to an aromatic ring is 1. The topological polar surface area (TPSA) is 86.7 Å². The minimum Gasteiger partial charge on any atom is -0.368 e. The van der Waals surface area contributed by atoms with E-state index in [2.05, 4.69) is 15.0 Å². The van der Waals surface area contributed by atoms with E-state index in [0.717, 1.165) is 5.69 Å². The molecule has 2 N–H and O–H groups in total. The van der Waals surface area contributed by atoms with Crippen molar-refractivity contribution in [2.45, 2.75) is 6.54 Å². The van der Waals surface area contributed by atoms with Crippen LogP contribution in [0.4, 0.5) is 5.95 Å². The lowest BCUT2D eigenvalue weighted by Gasteiger charge is -2.00. The lowest BCUT2D eigenvalue weighted by atomic mass is 10.5. The summed E-state index contributed by atoms with van der Waals surface area (Å²) in [5, 5.41) is 1.86. The molecule has 0 unspecified atom stereocenters. The van der Waals surface area contributed by atoms with Gasteiger partial charge >= 0.3 is 5.69 Å². The Balaban J connectivity index is 2.30. The van der Waals surface area contributed by atoms with Gasteiger partial charge in [0.05, 0.1) is 17.7 Å². The van der Waals surface area contributed by atoms with Crippen LogP contribution in [0.1, 0.15) is 5.69 Å². The van der Waals surface area contributed by atoms with E-state index in [1.807, 2.05) is 5.38 Å². The van der Waals surface area contributed by atoms with E-state index in [1.54, 1.807) is 5.51 Å². The van der Waals surface area contributed by atoms with E-state index in [4.69, 9.17) is 5.73 Å². The summed E-state index contributed by atoms with van der Waals surface area (Å²) in [6, 6.07) is 0. The second-order valence-electron chi connectivity index (χ2n) is 2.60. The predicted octanol–water partition coefficient (Wildman–Crippen LogP) is -0.275. The first-order valence-electron chi connectivity index (χ1n) is 3.82. The summed E-state index contributed by atoms with van der Waals surface area (Å²) < 4.78 is 1.35. The molecule has 7 heteroatoms. The molecule has 2 aromatic rings. The van der Waals surface area contributed by atoms with Crippen LogP contribution >= 0.6 is 11.3 Å². The highest BCUT2D eigenvalue weighted by atomic mass is 32.1. The number of thiazole rings is 1. The van der Waals surface area contributed by atoms with Gasteiger partial charge in [-0.05, 0) is 0 Å². The molecule has 2 heterocycles. The molecule has 2 aromatic heterocycles. The average Bonchev–Trinajstić information content (AvgIpc) is 2.62. The van der Waals surface area contributed by atoms with Crippen LogP contribution in [0.25, 0.3) is 0 Å². The first-order chi connectivity index (χ1) is 6.75. The van der Waals surface area contributed by atoms with Crippen molar-refractivity contribution in [3.63, 3.8) is 0 Å². The molecule has 0 amide bonds. The van der Waals surface area contributed by atoms with Gasteiger partial charge in [0.2, 0.25) is 5.95 Å². The molecule has 2 rings (SSSR count). The van der Waals surface area contributed by atoms with Gasteiger partial charge in [0.1, 0.15) is 6.33 Å². The van der Waals surface area contributed by atoms with Crippen molar-refractivity contribution < 1.29 is 0 Å². The van der Waals surface area contributed by atoms with Crippen molar-refractivity contribution in [1.29, 1.82) is 0 Å². The van der Waals surface area contributed by atoms with Crippen LogP contribution < -0.4 is 11.4 Å².